The molecule has 0 radical (unpaired) electrons. The minimum absolute atomic E-state index is 0.0466. The van der Waals surface area contributed by atoms with Gasteiger partial charge in [0, 0.05) is 25.2 Å². The number of rotatable bonds is 5. The van der Waals surface area contributed by atoms with E-state index in [1.807, 2.05) is 16.8 Å². The molecule has 7 nitrogen and oxygen atoms in total. The summed E-state index contributed by atoms with van der Waals surface area (Å²) in [5.74, 6) is -0.670. The van der Waals surface area contributed by atoms with Crippen molar-refractivity contribution in [2.24, 2.45) is 0 Å². The fourth-order valence-corrected chi connectivity index (χ4v) is 4.04. The maximum absolute atomic E-state index is 13.0. The number of benzene rings is 1. The minimum Gasteiger partial charge on any atom is -0.480 e. The van der Waals surface area contributed by atoms with Crippen molar-refractivity contribution >= 4 is 11.9 Å². The highest BCUT2D eigenvalue weighted by atomic mass is 16.4. The van der Waals surface area contributed by atoms with Gasteiger partial charge >= 0.3 is 5.97 Å². The molecule has 3 atom stereocenters. The number of likely N-dealkylation sites (N-methyl/N-ethyl adjacent to an activating group) is 1. The van der Waals surface area contributed by atoms with Crippen LogP contribution in [0.2, 0.25) is 0 Å². The topological polar surface area (TPSA) is 84.9 Å². The van der Waals surface area contributed by atoms with E-state index in [-0.39, 0.29) is 30.6 Å². The molecule has 2 aliphatic heterocycles. The van der Waals surface area contributed by atoms with E-state index in [0.717, 1.165) is 32.2 Å². The maximum Gasteiger partial charge on any atom is 0.317 e. The van der Waals surface area contributed by atoms with Crippen molar-refractivity contribution in [3.8, 4) is 0 Å². The molecule has 2 heterocycles. The third-order valence-electron chi connectivity index (χ3n) is 5.70. The number of aryl methyl sites for hydroxylation is 1. The average molecular weight is 374 g/mol. The van der Waals surface area contributed by atoms with E-state index in [4.69, 9.17) is 5.11 Å². The lowest BCUT2D eigenvalue weighted by Crippen LogP contribution is -2.46. The van der Waals surface area contributed by atoms with E-state index in [0.29, 0.717) is 6.54 Å². The summed E-state index contributed by atoms with van der Waals surface area (Å²) in [5, 5.41) is 8.98. The lowest BCUT2D eigenvalue weighted by Gasteiger charge is -2.26. The number of amides is 1. The Bertz CT molecular complexity index is 664. The lowest BCUT2D eigenvalue weighted by atomic mass is 10.0. The molecule has 3 unspecified atom stereocenters. The summed E-state index contributed by atoms with van der Waals surface area (Å²) < 4.78 is 0. The molecule has 0 aromatic heterocycles. The molecule has 2 fully saturated rings. The second-order valence-corrected chi connectivity index (χ2v) is 7.76. The molecule has 3 rings (SSSR count). The van der Waals surface area contributed by atoms with E-state index >= 15 is 0 Å². The summed E-state index contributed by atoms with van der Waals surface area (Å²) in [4.78, 5) is 27.7. The van der Waals surface area contributed by atoms with Crippen molar-refractivity contribution in [2.75, 3.05) is 26.7 Å². The van der Waals surface area contributed by atoms with Crippen molar-refractivity contribution in [1.29, 1.82) is 0 Å². The van der Waals surface area contributed by atoms with Gasteiger partial charge in [-0.3, -0.25) is 14.5 Å². The monoisotopic (exact) mass is 374 g/mol. The van der Waals surface area contributed by atoms with Crippen molar-refractivity contribution in [1.82, 2.24) is 20.7 Å². The van der Waals surface area contributed by atoms with Crippen LogP contribution in [0.4, 0.5) is 0 Å². The van der Waals surface area contributed by atoms with Gasteiger partial charge in [-0.25, -0.2) is 10.9 Å². The predicted octanol–water partition coefficient (Wildman–Crippen LogP) is 1.30. The molecule has 1 aromatic carbocycles. The quantitative estimate of drug-likeness (QED) is 0.720. The number of carbonyl (C=O) groups excluding carboxylic acids is 1. The first-order chi connectivity index (χ1) is 12.9. The first-order valence-electron chi connectivity index (χ1n) is 9.72. The van der Waals surface area contributed by atoms with Gasteiger partial charge in [-0.2, -0.15) is 0 Å². The van der Waals surface area contributed by atoms with Gasteiger partial charge in [-0.15, -0.1) is 0 Å². The van der Waals surface area contributed by atoms with E-state index in [9.17, 15) is 9.59 Å². The van der Waals surface area contributed by atoms with Gasteiger partial charge < -0.3 is 10.0 Å². The lowest BCUT2D eigenvalue weighted by molar-refractivity contribution is -0.138. The molecule has 3 N–H and O–H groups in total. The third kappa shape index (κ3) is 5.06. The first kappa shape index (κ1) is 19.8. The molecule has 0 bridgehead atoms. The molecule has 0 spiro atoms. The fraction of sp³-hybridized carbons (Fsp3) is 0.600. The smallest absolute Gasteiger partial charge is 0.317 e. The Morgan fingerprint density at radius 1 is 1.19 bits per heavy atom. The molecule has 2 saturated heterocycles. The average Bonchev–Trinajstić information content (AvgIpc) is 2.98. The highest BCUT2D eigenvalue weighted by Gasteiger charge is 2.34. The molecule has 0 aliphatic carbocycles. The second kappa shape index (κ2) is 8.82. The summed E-state index contributed by atoms with van der Waals surface area (Å²) in [7, 11) is 1.85. The van der Waals surface area contributed by atoms with Crippen molar-refractivity contribution in [3.63, 3.8) is 0 Å². The largest absolute Gasteiger partial charge is 0.480 e. The zero-order valence-corrected chi connectivity index (χ0v) is 16.1. The van der Waals surface area contributed by atoms with Gasteiger partial charge in [0.2, 0.25) is 5.91 Å². The van der Waals surface area contributed by atoms with E-state index < -0.39 is 5.97 Å². The first-order valence-corrected chi connectivity index (χ1v) is 9.72. The zero-order chi connectivity index (χ0) is 19.4. The van der Waals surface area contributed by atoms with Crippen LogP contribution in [0.5, 0.6) is 0 Å². The van der Waals surface area contributed by atoms with Gasteiger partial charge in [0.05, 0.1) is 6.54 Å². The van der Waals surface area contributed by atoms with Crippen LogP contribution in [0.3, 0.4) is 0 Å². The van der Waals surface area contributed by atoms with Crippen LogP contribution in [-0.2, 0) is 9.59 Å². The predicted molar refractivity (Wildman–Crippen MR) is 103 cm³/mol. The van der Waals surface area contributed by atoms with E-state index in [1.165, 1.54) is 11.1 Å². The van der Waals surface area contributed by atoms with Crippen LogP contribution < -0.4 is 10.9 Å². The van der Waals surface area contributed by atoms with Gasteiger partial charge in [-0.05, 0) is 45.2 Å². The number of hydrogen-bond acceptors (Lipinski definition) is 5. The molecule has 27 heavy (non-hydrogen) atoms. The SMILES string of the molecule is Cc1ccc(C2CC(C(=O)N3CCCC(N(C)CC(=O)O)CC3)NN2)cc1. The summed E-state index contributed by atoms with van der Waals surface area (Å²) in [6.07, 6.45) is 3.38. The number of nitrogens with zero attached hydrogens (tertiary/aromatic N) is 2. The number of likely N-dealkylation sites (tertiary alicyclic amines) is 1. The van der Waals surface area contributed by atoms with Crippen molar-refractivity contribution in [2.45, 2.75) is 50.7 Å². The number of carboxylic acid groups (broad SMARTS) is 1. The fourth-order valence-electron chi connectivity index (χ4n) is 4.04. The number of aliphatic carboxylic acids is 1. The molecule has 2 aliphatic rings. The molecular formula is C20H30N4O3. The van der Waals surface area contributed by atoms with Crippen LogP contribution >= 0.6 is 0 Å². The number of hydrazine groups is 1. The highest BCUT2D eigenvalue weighted by Crippen LogP contribution is 2.24. The maximum atomic E-state index is 13.0. The summed E-state index contributed by atoms with van der Waals surface area (Å²) in [6.45, 7) is 3.53. The molecule has 1 aromatic rings. The Hall–Kier alpha value is -1.96. The minimum atomic E-state index is -0.807. The molecule has 1 amide bonds. The number of carboxylic acids is 1. The Morgan fingerprint density at radius 3 is 2.63 bits per heavy atom. The summed E-state index contributed by atoms with van der Waals surface area (Å²) in [6, 6.07) is 8.54. The van der Waals surface area contributed by atoms with Crippen molar-refractivity contribution in [3.05, 3.63) is 35.4 Å². The van der Waals surface area contributed by atoms with Crippen molar-refractivity contribution < 1.29 is 14.7 Å². The molecule has 148 valence electrons. The highest BCUT2D eigenvalue weighted by molar-refractivity contribution is 5.82. The van der Waals surface area contributed by atoms with Crippen LogP contribution in [0.15, 0.2) is 24.3 Å². The second-order valence-electron chi connectivity index (χ2n) is 7.76. The zero-order valence-electron chi connectivity index (χ0n) is 16.1. The summed E-state index contributed by atoms with van der Waals surface area (Å²) in [5.41, 5.74) is 8.84. The van der Waals surface area contributed by atoms with Gasteiger partial charge in [0.25, 0.3) is 0 Å². The van der Waals surface area contributed by atoms with Crippen LogP contribution in [0.1, 0.15) is 42.9 Å². The van der Waals surface area contributed by atoms with Crippen LogP contribution in [0, 0.1) is 6.92 Å². The number of hydrogen-bond donors (Lipinski definition) is 3. The molecule has 7 heteroatoms. The standard InChI is InChI=1S/C20H30N4O3/c1-14-5-7-15(8-6-14)17-12-18(22-21-17)20(27)24-10-3-4-16(9-11-24)23(2)13-19(25)26/h5-8,16-18,21-22H,3-4,9-13H2,1-2H3,(H,25,26). The Morgan fingerprint density at radius 2 is 1.93 bits per heavy atom. The normalized spacial score (nSPS) is 26.2. The Labute approximate surface area is 160 Å². The number of carbonyl (C=O) groups is 2. The van der Waals surface area contributed by atoms with E-state index in [2.05, 4.69) is 42.0 Å². The van der Waals surface area contributed by atoms with Gasteiger partial charge in [0.15, 0.2) is 0 Å². The van der Waals surface area contributed by atoms with Gasteiger partial charge in [0.1, 0.15) is 6.04 Å². The number of nitrogens with one attached hydrogen (secondary N) is 2. The summed E-state index contributed by atoms with van der Waals surface area (Å²) >= 11 is 0. The Kier molecular flexibility index (Phi) is 6.46. The molecule has 0 saturated carbocycles. The van der Waals surface area contributed by atoms with Crippen LogP contribution in [-0.4, -0.2) is 65.5 Å². The van der Waals surface area contributed by atoms with Crippen LogP contribution in [0.25, 0.3) is 0 Å². The third-order valence-corrected chi connectivity index (χ3v) is 5.70. The van der Waals surface area contributed by atoms with Gasteiger partial charge in [-0.1, -0.05) is 29.8 Å². The molecular weight excluding hydrogens is 344 g/mol. The van der Waals surface area contributed by atoms with E-state index in [1.54, 1.807) is 0 Å². The Balaban J connectivity index is 1.54.